The zero-order chi connectivity index (χ0) is 17.8. The van der Waals surface area contributed by atoms with E-state index in [2.05, 4.69) is 53.5 Å². The molecule has 0 spiro atoms. The van der Waals surface area contributed by atoms with Crippen molar-refractivity contribution in [3.63, 3.8) is 0 Å². The average molecular weight is 366 g/mol. The molecule has 0 fully saturated rings. The number of benzene rings is 3. The molecule has 0 bridgehead atoms. The third-order valence-corrected chi connectivity index (χ3v) is 6.08. The van der Waals surface area contributed by atoms with Crippen LogP contribution >= 0.6 is 11.3 Å². The van der Waals surface area contributed by atoms with Crippen LogP contribution in [-0.4, -0.2) is 9.97 Å². The molecule has 4 heteroatoms. The van der Waals surface area contributed by atoms with Crippen LogP contribution in [0, 0.1) is 0 Å². The van der Waals surface area contributed by atoms with Crippen LogP contribution in [0.15, 0.2) is 83.5 Å². The zero-order valence-corrected chi connectivity index (χ0v) is 15.1. The van der Waals surface area contributed by atoms with Crippen LogP contribution in [0.3, 0.4) is 0 Å². The van der Waals surface area contributed by atoms with Gasteiger partial charge < -0.3 is 9.40 Å². The Morgan fingerprint density at radius 3 is 2.70 bits per heavy atom. The fraction of sp³-hybridized carbons (Fsp3) is 0. The van der Waals surface area contributed by atoms with Crippen molar-refractivity contribution in [3.8, 4) is 21.8 Å². The van der Waals surface area contributed by atoms with Gasteiger partial charge in [-0.1, -0.05) is 24.3 Å². The maximum atomic E-state index is 5.55. The predicted octanol–water partition coefficient (Wildman–Crippen LogP) is 6.86. The Morgan fingerprint density at radius 1 is 0.815 bits per heavy atom. The summed E-state index contributed by atoms with van der Waals surface area (Å²) in [5.41, 5.74) is 5.26. The van der Waals surface area contributed by atoms with Crippen molar-refractivity contribution in [2.75, 3.05) is 0 Å². The number of hydrogen-bond donors (Lipinski definition) is 1. The Hall–Kier alpha value is -3.37. The number of thiophene rings is 1. The summed E-state index contributed by atoms with van der Waals surface area (Å²) >= 11 is 1.80. The molecule has 3 nitrogen and oxygen atoms in total. The van der Waals surface area contributed by atoms with Gasteiger partial charge >= 0.3 is 0 Å². The second-order valence-corrected chi connectivity index (χ2v) is 7.72. The van der Waals surface area contributed by atoms with E-state index in [1.807, 2.05) is 24.3 Å². The summed E-state index contributed by atoms with van der Waals surface area (Å²) in [6.07, 6.45) is 1.74. The first-order chi connectivity index (χ1) is 13.3. The number of aromatic amines is 1. The molecule has 0 atom stereocenters. The molecule has 0 saturated carbocycles. The minimum atomic E-state index is 0.905. The highest BCUT2D eigenvalue weighted by Crippen LogP contribution is 2.36. The summed E-state index contributed by atoms with van der Waals surface area (Å²) in [5, 5.41) is 2.36. The minimum absolute atomic E-state index is 0.905. The molecular weight excluding hydrogens is 352 g/mol. The number of fused-ring (bicyclic) bond motifs is 3. The van der Waals surface area contributed by atoms with Gasteiger partial charge in [0, 0.05) is 20.5 Å². The summed E-state index contributed by atoms with van der Waals surface area (Å²) in [4.78, 5) is 9.37. The van der Waals surface area contributed by atoms with Gasteiger partial charge in [-0.2, -0.15) is 0 Å². The van der Waals surface area contributed by atoms with E-state index in [1.165, 1.54) is 20.5 Å². The highest BCUT2D eigenvalue weighted by molar-refractivity contribution is 7.22. The lowest BCUT2D eigenvalue weighted by Gasteiger charge is -1.96. The zero-order valence-electron chi connectivity index (χ0n) is 14.3. The summed E-state index contributed by atoms with van der Waals surface area (Å²) < 4.78 is 6.82. The van der Waals surface area contributed by atoms with Crippen molar-refractivity contribution in [2.24, 2.45) is 0 Å². The van der Waals surface area contributed by atoms with Crippen LogP contribution in [0.1, 0.15) is 0 Å². The van der Waals surface area contributed by atoms with E-state index in [-0.39, 0.29) is 0 Å². The quantitative estimate of drug-likeness (QED) is 0.364. The maximum Gasteiger partial charge on any atom is 0.138 e. The smallest absolute Gasteiger partial charge is 0.138 e. The number of rotatable bonds is 2. The van der Waals surface area contributed by atoms with Gasteiger partial charge in [-0.3, -0.25) is 0 Å². The molecule has 6 rings (SSSR count). The fourth-order valence-electron chi connectivity index (χ4n) is 3.53. The minimum Gasteiger partial charge on any atom is -0.464 e. The molecule has 3 heterocycles. The van der Waals surface area contributed by atoms with Crippen molar-refractivity contribution in [1.82, 2.24) is 9.97 Å². The van der Waals surface area contributed by atoms with E-state index >= 15 is 0 Å². The molecule has 3 aromatic heterocycles. The van der Waals surface area contributed by atoms with Crippen LogP contribution in [0.5, 0.6) is 0 Å². The van der Waals surface area contributed by atoms with Gasteiger partial charge in [-0.25, -0.2) is 4.98 Å². The standard InChI is InChI=1S/C23H14N2OS/c1-2-4-19-18(3-1)24-23(25-19)16-7-8-21-17(11-16)13-22(27-21)15-6-5-14-9-10-26-20(14)12-15/h1-13H,(H,24,25). The van der Waals surface area contributed by atoms with Crippen LogP contribution in [0.2, 0.25) is 0 Å². The molecule has 0 aliphatic heterocycles. The van der Waals surface area contributed by atoms with E-state index in [4.69, 9.17) is 9.40 Å². The van der Waals surface area contributed by atoms with Crippen molar-refractivity contribution in [1.29, 1.82) is 0 Å². The molecule has 1 N–H and O–H groups in total. The number of nitrogens with one attached hydrogen (secondary N) is 1. The lowest BCUT2D eigenvalue weighted by atomic mass is 10.1. The Morgan fingerprint density at radius 2 is 1.74 bits per heavy atom. The SMILES string of the molecule is c1ccc2[nH]c(-c3ccc4sc(-c5ccc6ccoc6c5)cc4c3)nc2c1. The van der Waals surface area contributed by atoms with E-state index in [9.17, 15) is 0 Å². The lowest BCUT2D eigenvalue weighted by Crippen LogP contribution is -1.79. The van der Waals surface area contributed by atoms with Crippen molar-refractivity contribution in [2.45, 2.75) is 0 Å². The Labute approximate surface area is 158 Å². The van der Waals surface area contributed by atoms with Crippen LogP contribution in [0.25, 0.3) is 53.9 Å². The summed E-state index contributed by atoms with van der Waals surface area (Å²) in [7, 11) is 0. The molecule has 3 aromatic carbocycles. The highest BCUT2D eigenvalue weighted by Gasteiger charge is 2.10. The van der Waals surface area contributed by atoms with Gasteiger partial charge in [0.1, 0.15) is 11.4 Å². The molecule has 0 radical (unpaired) electrons. The molecule has 0 amide bonds. The highest BCUT2D eigenvalue weighted by atomic mass is 32.1. The summed E-state index contributed by atoms with van der Waals surface area (Å²) in [6, 6.07) is 25.2. The molecular formula is C23H14N2OS. The van der Waals surface area contributed by atoms with Crippen LogP contribution in [-0.2, 0) is 0 Å². The second kappa shape index (κ2) is 5.56. The van der Waals surface area contributed by atoms with Gasteiger partial charge in [0.2, 0.25) is 0 Å². The van der Waals surface area contributed by atoms with Gasteiger partial charge in [0.05, 0.1) is 17.3 Å². The fourth-order valence-corrected chi connectivity index (χ4v) is 4.57. The molecule has 0 aliphatic carbocycles. The first-order valence-corrected chi connectivity index (χ1v) is 9.61. The molecule has 0 unspecified atom stereocenters. The number of hydrogen-bond acceptors (Lipinski definition) is 3. The molecule has 128 valence electrons. The maximum absolute atomic E-state index is 5.55. The first kappa shape index (κ1) is 14.8. The van der Waals surface area contributed by atoms with E-state index in [1.54, 1.807) is 17.6 Å². The monoisotopic (exact) mass is 366 g/mol. The van der Waals surface area contributed by atoms with Crippen molar-refractivity contribution >= 4 is 43.4 Å². The molecule has 27 heavy (non-hydrogen) atoms. The molecule has 0 aliphatic rings. The predicted molar refractivity (Wildman–Crippen MR) is 112 cm³/mol. The van der Waals surface area contributed by atoms with Gasteiger partial charge in [0.25, 0.3) is 0 Å². The van der Waals surface area contributed by atoms with Crippen molar-refractivity contribution in [3.05, 3.63) is 79.1 Å². The summed E-state index contributed by atoms with van der Waals surface area (Å²) in [5.74, 6) is 0.905. The molecule has 6 aromatic rings. The van der Waals surface area contributed by atoms with Crippen LogP contribution < -0.4 is 0 Å². The normalized spacial score (nSPS) is 11.7. The van der Waals surface area contributed by atoms with Gasteiger partial charge in [0.15, 0.2) is 0 Å². The number of H-pyrrole nitrogens is 1. The van der Waals surface area contributed by atoms with Gasteiger partial charge in [-0.05, 0) is 59.5 Å². The number of nitrogens with zero attached hydrogens (tertiary/aromatic N) is 1. The first-order valence-electron chi connectivity index (χ1n) is 8.80. The summed E-state index contributed by atoms with van der Waals surface area (Å²) in [6.45, 7) is 0. The van der Waals surface area contributed by atoms with E-state index in [0.29, 0.717) is 0 Å². The van der Waals surface area contributed by atoms with E-state index < -0.39 is 0 Å². The number of para-hydroxylation sites is 2. The topological polar surface area (TPSA) is 41.8 Å². The average Bonchev–Trinajstić information content (AvgIpc) is 3.42. The van der Waals surface area contributed by atoms with Crippen LogP contribution in [0.4, 0.5) is 0 Å². The van der Waals surface area contributed by atoms with E-state index in [0.717, 1.165) is 33.4 Å². The number of furan rings is 1. The Kier molecular flexibility index (Phi) is 3.04. The van der Waals surface area contributed by atoms with Gasteiger partial charge in [-0.15, -0.1) is 11.3 Å². The third kappa shape index (κ3) is 2.38. The largest absolute Gasteiger partial charge is 0.464 e. The molecule has 0 saturated heterocycles. The second-order valence-electron chi connectivity index (χ2n) is 6.64. The van der Waals surface area contributed by atoms with Crippen molar-refractivity contribution < 1.29 is 4.42 Å². The lowest BCUT2D eigenvalue weighted by molar-refractivity contribution is 0.616. The number of aromatic nitrogens is 2. The Bertz CT molecular complexity index is 1400. The number of imidazole rings is 1. The Balaban J connectivity index is 1.46. The third-order valence-electron chi connectivity index (χ3n) is 4.92.